The lowest BCUT2D eigenvalue weighted by Gasteiger charge is -2.36. The van der Waals surface area contributed by atoms with Gasteiger partial charge < -0.3 is 10.6 Å². The van der Waals surface area contributed by atoms with E-state index in [-0.39, 0.29) is 30.8 Å². The number of hydrogen-bond donors (Lipinski definition) is 2. The number of carbonyl (C=O) groups excluding carboxylic acids is 3. The van der Waals surface area contributed by atoms with Crippen molar-refractivity contribution in [2.24, 2.45) is 5.92 Å². The molecular formula is C19H22N4O3S. The molecule has 2 fully saturated rings. The molecule has 27 heavy (non-hydrogen) atoms. The Morgan fingerprint density at radius 1 is 1.37 bits per heavy atom. The maximum atomic E-state index is 12.9. The summed E-state index contributed by atoms with van der Waals surface area (Å²) in [5.74, 6) is -0.549. The molecule has 142 valence electrons. The smallest absolute Gasteiger partial charge is 0.325 e. The van der Waals surface area contributed by atoms with Gasteiger partial charge >= 0.3 is 6.03 Å². The number of benzene rings is 1. The predicted molar refractivity (Wildman–Crippen MR) is 102 cm³/mol. The fourth-order valence-corrected chi connectivity index (χ4v) is 4.92. The highest BCUT2D eigenvalue weighted by molar-refractivity contribution is 7.18. The van der Waals surface area contributed by atoms with Gasteiger partial charge in [0.25, 0.3) is 5.91 Å². The fourth-order valence-electron chi connectivity index (χ4n) is 4.01. The molecule has 4 rings (SSSR count). The number of rotatable bonds is 4. The van der Waals surface area contributed by atoms with Crippen LogP contribution in [-0.4, -0.2) is 39.8 Å². The van der Waals surface area contributed by atoms with E-state index in [0.717, 1.165) is 39.4 Å². The van der Waals surface area contributed by atoms with E-state index in [1.54, 1.807) is 0 Å². The van der Waals surface area contributed by atoms with Crippen LogP contribution in [0.25, 0.3) is 10.2 Å². The van der Waals surface area contributed by atoms with E-state index >= 15 is 0 Å². The highest BCUT2D eigenvalue weighted by Gasteiger charge is 2.55. The predicted octanol–water partition coefficient (Wildman–Crippen LogP) is 2.41. The van der Waals surface area contributed by atoms with Crippen LogP contribution in [-0.2, 0) is 16.1 Å². The summed E-state index contributed by atoms with van der Waals surface area (Å²) < 4.78 is 1.06. The first-order valence-corrected chi connectivity index (χ1v) is 10.1. The first-order valence-electron chi connectivity index (χ1n) is 9.25. The lowest BCUT2D eigenvalue weighted by molar-refractivity contribution is -0.137. The molecule has 1 aliphatic heterocycles. The van der Waals surface area contributed by atoms with Gasteiger partial charge in [0.05, 0.1) is 16.8 Å². The van der Waals surface area contributed by atoms with Gasteiger partial charge in [-0.05, 0) is 30.9 Å². The summed E-state index contributed by atoms with van der Waals surface area (Å²) in [7, 11) is 0. The number of nitrogens with zero attached hydrogens (tertiary/aromatic N) is 2. The molecule has 1 aliphatic carbocycles. The number of aromatic nitrogens is 1. The minimum absolute atomic E-state index is 0.0820. The van der Waals surface area contributed by atoms with Crippen molar-refractivity contribution in [3.63, 3.8) is 0 Å². The van der Waals surface area contributed by atoms with E-state index < -0.39 is 11.6 Å². The van der Waals surface area contributed by atoms with Crippen molar-refractivity contribution in [1.29, 1.82) is 0 Å². The summed E-state index contributed by atoms with van der Waals surface area (Å²) in [6.07, 6.45) is 3.52. The van der Waals surface area contributed by atoms with Crippen LogP contribution in [0.4, 0.5) is 4.79 Å². The molecule has 2 aliphatic rings. The van der Waals surface area contributed by atoms with Crippen LogP contribution < -0.4 is 10.6 Å². The maximum Gasteiger partial charge on any atom is 0.325 e. The van der Waals surface area contributed by atoms with Gasteiger partial charge in [-0.25, -0.2) is 9.78 Å². The second-order valence-corrected chi connectivity index (χ2v) is 8.41. The molecule has 4 amide bonds. The SMILES string of the molecule is CC1CCCCC12NC(=O)N(CC(=O)NCc1nc3ccccc3s1)C2=O. The largest absolute Gasteiger partial charge is 0.348 e. The van der Waals surface area contributed by atoms with Gasteiger partial charge in [-0.1, -0.05) is 31.9 Å². The van der Waals surface area contributed by atoms with Gasteiger partial charge in [0.1, 0.15) is 17.1 Å². The highest BCUT2D eigenvalue weighted by Crippen LogP contribution is 2.38. The fraction of sp³-hybridized carbons (Fsp3) is 0.474. The van der Waals surface area contributed by atoms with Crippen molar-refractivity contribution in [2.45, 2.75) is 44.7 Å². The summed E-state index contributed by atoms with van der Waals surface area (Å²) in [5, 5.41) is 6.42. The summed E-state index contributed by atoms with van der Waals surface area (Å²) in [4.78, 5) is 43.1. The Labute approximate surface area is 161 Å². The Morgan fingerprint density at radius 2 is 2.19 bits per heavy atom. The number of imide groups is 1. The Hall–Kier alpha value is -2.48. The molecule has 1 aromatic heterocycles. The molecule has 2 N–H and O–H groups in total. The normalized spacial score (nSPS) is 25.2. The summed E-state index contributed by atoms with van der Waals surface area (Å²) in [6.45, 7) is 2.02. The Kier molecular flexibility index (Phi) is 4.59. The third-order valence-corrected chi connectivity index (χ3v) is 6.61. The quantitative estimate of drug-likeness (QED) is 0.790. The molecule has 1 aromatic carbocycles. The number of hydrogen-bond acceptors (Lipinski definition) is 5. The minimum Gasteiger partial charge on any atom is -0.348 e. The van der Waals surface area contributed by atoms with Crippen molar-refractivity contribution in [3.8, 4) is 0 Å². The van der Waals surface area contributed by atoms with E-state index in [2.05, 4.69) is 15.6 Å². The molecule has 1 saturated carbocycles. The zero-order chi connectivity index (χ0) is 19.0. The van der Waals surface area contributed by atoms with E-state index in [1.165, 1.54) is 11.3 Å². The van der Waals surface area contributed by atoms with E-state index in [0.29, 0.717) is 6.42 Å². The Balaban J connectivity index is 1.39. The van der Waals surface area contributed by atoms with Crippen molar-refractivity contribution in [3.05, 3.63) is 29.3 Å². The second kappa shape index (κ2) is 6.92. The average molecular weight is 386 g/mol. The standard InChI is InChI=1S/C19H22N4O3S/c1-12-6-4-5-9-19(12)17(25)23(18(26)22-19)11-15(24)20-10-16-21-13-7-2-3-8-14(13)27-16/h2-3,7-8,12H,4-6,9-11H2,1H3,(H,20,24)(H,22,26). The molecule has 0 radical (unpaired) electrons. The maximum absolute atomic E-state index is 12.9. The third-order valence-electron chi connectivity index (χ3n) is 5.58. The number of fused-ring (bicyclic) bond motifs is 1. The van der Waals surface area contributed by atoms with Gasteiger partial charge in [-0.2, -0.15) is 0 Å². The van der Waals surface area contributed by atoms with Crippen LogP contribution in [0, 0.1) is 5.92 Å². The molecule has 1 saturated heterocycles. The lowest BCUT2D eigenvalue weighted by atomic mass is 9.73. The molecule has 7 nitrogen and oxygen atoms in total. The molecule has 0 bridgehead atoms. The molecular weight excluding hydrogens is 364 g/mol. The molecule has 1 spiro atoms. The molecule has 2 aromatic rings. The van der Waals surface area contributed by atoms with Crippen LogP contribution >= 0.6 is 11.3 Å². The number of thiazole rings is 1. The van der Waals surface area contributed by atoms with Gasteiger partial charge in [0, 0.05) is 0 Å². The number of para-hydroxylation sites is 1. The van der Waals surface area contributed by atoms with Gasteiger partial charge in [-0.15, -0.1) is 11.3 Å². The van der Waals surface area contributed by atoms with E-state index in [4.69, 9.17) is 0 Å². The topological polar surface area (TPSA) is 91.4 Å². The number of urea groups is 1. The minimum atomic E-state index is -0.831. The van der Waals surface area contributed by atoms with Gasteiger partial charge in [0.2, 0.25) is 5.91 Å². The molecule has 2 atom stereocenters. The first kappa shape index (κ1) is 17.9. The second-order valence-electron chi connectivity index (χ2n) is 7.29. The average Bonchev–Trinajstić information content (AvgIpc) is 3.17. The zero-order valence-corrected chi connectivity index (χ0v) is 16.0. The highest BCUT2D eigenvalue weighted by atomic mass is 32.1. The van der Waals surface area contributed by atoms with Crippen molar-refractivity contribution in [2.75, 3.05) is 6.54 Å². The summed E-state index contributed by atoms with van der Waals surface area (Å²) >= 11 is 1.52. The van der Waals surface area contributed by atoms with Crippen LogP contribution in [0.5, 0.6) is 0 Å². The number of carbonyl (C=O) groups is 3. The van der Waals surface area contributed by atoms with Crippen LogP contribution in [0.3, 0.4) is 0 Å². The van der Waals surface area contributed by atoms with E-state index in [1.807, 2.05) is 31.2 Å². The Bertz CT molecular complexity index is 878. The zero-order valence-electron chi connectivity index (χ0n) is 15.2. The third kappa shape index (κ3) is 3.18. The molecule has 2 heterocycles. The van der Waals surface area contributed by atoms with Crippen LogP contribution in [0.2, 0.25) is 0 Å². The molecule has 8 heteroatoms. The van der Waals surface area contributed by atoms with E-state index in [9.17, 15) is 14.4 Å². The summed E-state index contributed by atoms with van der Waals surface area (Å²) in [6, 6.07) is 7.31. The number of nitrogens with one attached hydrogen (secondary N) is 2. The van der Waals surface area contributed by atoms with Crippen molar-refractivity contribution >= 4 is 39.4 Å². The Morgan fingerprint density at radius 3 is 2.96 bits per heavy atom. The van der Waals surface area contributed by atoms with Crippen LogP contribution in [0.15, 0.2) is 24.3 Å². The number of amides is 4. The lowest BCUT2D eigenvalue weighted by Crippen LogP contribution is -2.54. The first-order chi connectivity index (χ1) is 13.0. The van der Waals surface area contributed by atoms with Gasteiger partial charge in [-0.3, -0.25) is 14.5 Å². The van der Waals surface area contributed by atoms with Crippen molar-refractivity contribution < 1.29 is 14.4 Å². The van der Waals surface area contributed by atoms with Crippen LogP contribution in [0.1, 0.15) is 37.6 Å². The summed E-state index contributed by atoms with van der Waals surface area (Å²) in [5.41, 5.74) is 0.0666. The van der Waals surface area contributed by atoms with Gasteiger partial charge in [0.15, 0.2) is 0 Å². The molecule has 2 unspecified atom stereocenters. The van der Waals surface area contributed by atoms with Crippen molar-refractivity contribution in [1.82, 2.24) is 20.5 Å². The monoisotopic (exact) mass is 386 g/mol.